The molecule has 1 aromatic carbocycles. The Bertz CT molecular complexity index is 368. The molecular formula is C12H12FN. The van der Waals surface area contributed by atoms with Crippen LogP contribution in [0, 0.1) is 17.2 Å². The van der Waals surface area contributed by atoms with Gasteiger partial charge in [-0.05, 0) is 23.8 Å². The van der Waals surface area contributed by atoms with Crippen LogP contribution in [0.1, 0.15) is 25.0 Å². The van der Waals surface area contributed by atoms with Crippen LogP contribution in [0.3, 0.4) is 0 Å². The predicted molar refractivity (Wildman–Crippen MR) is 55.1 cm³/mol. The fraction of sp³-hybridized carbons (Fsp3) is 0.250. The van der Waals surface area contributed by atoms with E-state index in [4.69, 9.17) is 5.26 Å². The highest BCUT2D eigenvalue weighted by Gasteiger charge is 2.00. The molecule has 0 amide bonds. The van der Waals surface area contributed by atoms with Gasteiger partial charge in [0.1, 0.15) is 5.83 Å². The molecule has 2 heteroatoms. The number of rotatable bonds is 2. The van der Waals surface area contributed by atoms with Crippen molar-refractivity contribution in [2.45, 2.75) is 13.8 Å². The van der Waals surface area contributed by atoms with E-state index in [1.807, 2.05) is 6.07 Å². The average Bonchev–Trinajstić information content (AvgIpc) is 2.19. The zero-order chi connectivity index (χ0) is 10.6. The Morgan fingerprint density at radius 1 is 1.36 bits per heavy atom. The summed E-state index contributed by atoms with van der Waals surface area (Å²) < 4.78 is 13.2. The lowest BCUT2D eigenvalue weighted by Crippen LogP contribution is -1.86. The van der Waals surface area contributed by atoms with Crippen LogP contribution in [-0.4, -0.2) is 0 Å². The van der Waals surface area contributed by atoms with Crippen LogP contribution in [0.2, 0.25) is 0 Å². The molecule has 0 radical (unpaired) electrons. The average molecular weight is 189 g/mol. The molecule has 1 nitrogen and oxygen atoms in total. The summed E-state index contributed by atoms with van der Waals surface area (Å²) in [4.78, 5) is 0. The number of halogens is 1. The zero-order valence-electron chi connectivity index (χ0n) is 8.29. The number of nitrogens with zero attached hydrogens (tertiary/aromatic N) is 1. The molecule has 0 fully saturated rings. The maximum absolute atomic E-state index is 13.2. The Kier molecular flexibility index (Phi) is 3.41. The minimum absolute atomic E-state index is 0.0920. The molecule has 0 aromatic heterocycles. The van der Waals surface area contributed by atoms with Gasteiger partial charge in [0.2, 0.25) is 0 Å². The van der Waals surface area contributed by atoms with Crippen LogP contribution in [0.4, 0.5) is 4.39 Å². The molecule has 0 aliphatic carbocycles. The van der Waals surface area contributed by atoms with Crippen molar-refractivity contribution in [3.8, 4) is 6.07 Å². The van der Waals surface area contributed by atoms with Gasteiger partial charge in [-0.15, -0.1) is 0 Å². The van der Waals surface area contributed by atoms with Crippen molar-refractivity contribution in [3.05, 3.63) is 41.2 Å². The summed E-state index contributed by atoms with van der Waals surface area (Å²) in [6.07, 6.45) is 1.49. The first-order valence-corrected chi connectivity index (χ1v) is 4.50. The second-order valence-corrected chi connectivity index (χ2v) is 3.42. The maximum Gasteiger partial charge on any atom is 0.103 e. The van der Waals surface area contributed by atoms with Gasteiger partial charge in [0.15, 0.2) is 0 Å². The van der Waals surface area contributed by atoms with Crippen LogP contribution >= 0.6 is 0 Å². The molecule has 0 heterocycles. The minimum atomic E-state index is -0.144. The summed E-state index contributed by atoms with van der Waals surface area (Å²) in [7, 11) is 0. The Labute approximate surface area is 83.5 Å². The SMILES string of the molecule is CC(C)/C(F)=C/c1ccc(C#N)cc1. The Morgan fingerprint density at radius 2 is 1.93 bits per heavy atom. The largest absolute Gasteiger partial charge is 0.212 e. The van der Waals surface area contributed by atoms with E-state index < -0.39 is 0 Å². The molecule has 72 valence electrons. The molecule has 0 bridgehead atoms. The molecular weight excluding hydrogens is 177 g/mol. The van der Waals surface area contributed by atoms with E-state index in [1.165, 1.54) is 6.08 Å². The van der Waals surface area contributed by atoms with E-state index in [-0.39, 0.29) is 11.7 Å². The first-order valence-electron chi connectivity index (χ1n) is 4.50. The van der Waals surface area contributed by atoms with Crippen molar-refractivity contribution in [2.24, 2.45) is 5.92 Å². The van der Waals surface area contributed by atoms with Gasteiger partial charge in [0, 0.05) is 5.92 Å². The summed E-state index contributed by atoms with van der Waals surface area (Å²) in [5, 5.41) is 8.56. The van der Waals surface area contributed by atoms with Crippen molar-refractivity contribution in [2.75, 3.05) is 0 Å². The molecule has 0 saturated heterocycles. The Balaban J connectivity index is 2.89. The molecule has 0 saturated carbocycles. The van der Waals surface area contributed by atoms with Gasteiger partial charge >= 0.3 is 0 Å². The Hall–Kier alpha value is -1.62. The molecule has 14 heavy (non-hydrogen) atoms. The van der Waals surface area contributed by atoms with Crippen molar-refractivity contribution in [3.63, 3.8) is 0 Å². The van der Waals surface area contributed by atoms with E-state index in [2.05, 4.69) is 0 Å². The number of allylic oxidation sites excluding steroid dienone is 1. The second-order valence-electron chi connectivity index (χ2n) is 3.42. The smallest absolute Gasteiger partial charge is 0.103 e. The van der Waals surface area contributed by atoms with Gasteiger partial charge in [0.25, 0.3) is 0 Å². The molecule has 0 aliphatic heterocycles. The van der Waals surface area contributed by atoms with E-state index in [1.54, 1.807) is 38.1 Å². The van der Waals surface area contributed by atoms with Crippen LogP contribution in [0.5, 0.6) is 0 Å². The molecule has 0 aliphatic rings. The second kappa shape index (κ2) is 4.57. The lowest BCUT2D eigenvalue weighted by Gasteiger charge is -2.00. The van der Waals surface area contributed by atoms with E-state index in [9.17, 15) is 4.39 Å². The van der Waals surface area contributed by atoms with Crippen LogP contribution in [-0.2, 0) is 0 Å². The fourth-order valence-corrected chi connectivity index (χ4v) is 0.980. The molecule has 0 atom stereocenters. The van der Waals surface area contributed by atoms with Crippen molar-refractivity contribution in [1.82, 2.24) is 0 Å². The zero-order valence-corrected chi connectivity index (χ0v) is 8.29. The van der Waals surface area contributed by atoms with E-state index >= 15 is 0 Å². The third-order valence-corrected chi connectivity index (χ3v) is 1.90. The van der Waals surface area contributed by atoms with Crippen molar-refractivity contribution >= 4 is 6.08 Å². The van der Waals surface area contributed by atoms with E-state index in [0.29, 0.717) is 5.56 Å². The summed E-state index contributed by atoms with van der Waals surface area (Å²) in [6, 6.07) is 8.85. The van der Waals surface area contributed by atoms with Crippen molar-refractivity contribution < 1.29 is 4.39 Å². The third kappa shape index (κ3) is 2.70. The van der Waals surface area contributed by atoms with Gasteiger partial charge in [-0.3, -0.25) is 0 Å². The third-order valence-electron chi connectivity index (χ3n) is 1.90. The Morgan fingerprint density at radius 3 is 2.36 bits per heavy atom. The number of benzene rings is 1. The molecule has 1 rings (SSSR count). The van der Waals surface area contributed by atoms with Gasteiger partial charge in [-0.25, -0.2) is 4.39 Å². The first kappa shape index (κ1) is 10.5. The molecule has 0 spiro atoms. The van der Waals surface area contributed by atoms with Gasteiger partial charge in [-0.1, -0.05) is 26.0 Å². The van der Waals surface area contributed by atoms with Gasteiger partial charge in [0.05, 0.1) is 11.6 Å². The fourth-order valence-electron chi connectivity index (χ4n) is 0.980. The van der Waals surface area contributed by atoms with Crippen LogP contribution in [0.25, 0.3) is 6.08 Å². The highest BCUT2D eigenvalue weighted by atomic mass is 19.1. The van der Waals surface area contributed by atoms with Crippen LogP contribution in [0.15, 0.2) is 30.1 Å². The summed E-state index contributed by atoms with van der Waals surface area (Å²) in [5.41, 5.74) is 1.38. The minimum Gasteiger partial charge on any atom is -0.212 e. The van der Waals surface area contributed by atoms with E-state index in [0.717, 1.165) is 5.56 Å². The highest BCUT2D eigenvalue weighted by molar-refractivity contribution is 5.52. The summed E-state index contributed by atoms with van der Waals surface area (Å²) in [6.45, 7) is 3.60. The highest BCUT2D eigenvalue weighted by Crippen LogP contribution is 2.15. The summed E-state index contributed by atoms with van der Waals surface area (Å²) in [5.74, 6) is -0.236. The van der Waals surface area contributed by atoms with Crippen LogP contribution < -0.4 is 0 Å². The topological polar surface area (TPSA) is 23.8 Å². The monoisotopic (exact) mass is 189 g/mol. The molecule has 0 unspecified atom stereocenters. The predicted octanol–water partition coefficient (Wildman–Crippen LogP) is 3.52. The lowest BCUT2D eigenvalue weighted by atomic mass is 10.1. The number of hydrogen-bond donors (Lipinski definition) is 0. The van der Waals surface area contributed by atoms with Gasteiger partial charge < -0.3 is 0 Å². The maximum atomic E-state index is 13.2. The molecule has 1 aromatic rings. The normalized spacial score (nSPS) is 11.5. The first-order chi connectivity index (χ1) is 6.63. The standard InChI is InChI=1S/C12H12FN/c1-9(2)12(13)7-10-3-5-11(8-14)6-4-10/h3-7,9H,1-2H3/b12-7-. The number of nitriles is 1. The number of hydrogen-bond acceptors (Lipinski definition) is 1. The van der Waals surface area contributed by atoms with Crippen molar-refractivity contribution in [1.29, 1.82) is 5.26 Å². The summed E-state index contributed by atoms with van der Waals surface area (Å²) >= 11 is 0. The quantitative estimate of drug-likeness (QED) is 0.698. The lowest BCUT2D eigenvalue weighted by molar-refractivity contribution is 0.527. The van der Waals surface area contributed by atoms with Gasteiger partial charge in [-0.2, -0.15) is 5.26 Å². The molecule has 0 N–H and O–H groups in total.